The minimum Gasteiger partial charge on any atom is -0.465 e. The molecule has 0 aliphatic heterocycles. The van der Waals surface area contributed by atoms with Crippen molar-refractivity contribution in [3.8, 4) is 5.75 Å². The molecule has 0 aromatic carbocycles. The Morgan fingerprint density at radius 2 is 2.21 bits per heavy atom. The number of halogens is 3. The zero-order valence-corrected chi connectivity index (χ0v) is 8.09. The summed E-state index contributed by atoms with van der Waals surface area (Å²) in [6.07, 6.45) is -2.72. The van der Waals surface area contributed by atoms with Crippen molar-refractivity contribution in [3.05, 3.63) is 23.0 Å². The second-order valence-electron chi connectivity index (χ2n) is 2.37. The summed E-state index contributed by atoms with van der Waals surface area (Å²) < 4.78 is 34.2. The van der Waals surface area contributed by atoms with Crippen LogP contribution in [0.5, 0.6) is 5.75 Å². The Kier molecular flexibility index (Phi) is 4.03. The summed E-state index contributed by atoms with van der Waals surface area (Å²) in [6.45, 7) is -0.108. The van der Waals surface area contributed by atoms with Crippen LogP contribution in [0.15, 0.2) is 12.1 Å². The van der Waals surface area contributed by atoms with E-state index in [1.807, 2.05) is 0 Å². The fourth-order valence-corrected chi connectivity index (χ4v) is 0.992. The third kappa shape index (κ3) is 2.78. The first-order valence-electron chi connectivity index (χ1n) is 3.71. The van der Waals surface area contributed by atoms with Gasteiger partial charge in [-0.25, -0.2) is 13.8 Å². The molecule has 0 saturated carbocycles. The zero-order chi connectivity index (χ0) is 10.6. The van der Waals surface area contributed by atoms with E-state index in [9.17, 15) is 8.78 Å². The number of pyridine rings is 1. The van der Waals surface area contributed by atoms with Gasteiger partial charge >= 0.3 is 0 Å². The van der Waals surface area contributed by atoms with Gasteiger partial charge in [-0.2, -0.15) is 0 Å². The van der Waals surface area contributed by atoms with Crippen LogP contribution in [-0.4, -0.2) is 18.9 Å². The summed E-state index contributed by atoms with van der Waals surface area (Å²) in [6, 6.07) is 2.70. The lowest BCUT2D eigenvalue weighted by atomic mass is 10.3. The summed E-state index contributed by atoms with van der Waals surface area (Å²) in [4.78, 5) is 3.46. The molecule has 14 heavy (non-hydrogen) atoms. The third-order valence-corrected chi connectivity index (χ3v) is 1.60. The Labute approximate surface area is 84.6 Å². The maximum Gasteiger partial charge on any atom is 0.284 e. The Morgan fingerprint density at radius 3 is 2.79 bits per heavy atom. The van der Waals surface area contributed by atoms with Crippen molar-refractivity contribution >= 4 is 11.6 Å². The molecule has 0 bridgehead atoms. The molecule has 1 aromatic heterocycles. The number of aromatic nitrogens is 1. The van der Waals surface area contributed by atoms with Crippen molar-refractivity contribution in [2.45, 2.75) is 6.43 Å². The van der Waals surface area contributed by atoms with E-state index in [-0.39, 0.29) is 17.7 Å². The topological polar surface area (TPSA) is 31.4 Å². The standard InChI is InChI=1S/C8H8ClF2NO2/c1-13-4-14-5-2-3-6(9)12-7(5)8(10)11/h2-3,8H,4H2,1H3. The molecular formula is C8H8ClF2NO2. The van der Waals surface area contributed by atoms with Crippen LogP contribution in [0.3, 0.4) is 0 Å². The zero-order valence-electron chi connectivity index (χ0n) is 7.34. The molecule has 6 heteroatoms. The van der Waals surface area contributed by atoms with E-state index < -0.39 is 12.1 Å². The van der Waals surface area contributed by atoms with Gasteiger partial charge in [-0.3, -0.25) is 0 Å². The second-order valence-corrected chi connectivity index (χ2v) is 2.76. The van der Waals surface area contributed by atoms with Crippen LogP contribution in [0.2, 0.25) is 5.15 Å². The van der Waals surface area contributed by atoms with Gasteiger partial charge in [0.25, 0.3) is 6.43 Å². The average Bonchev–Trinajstić information content (AvgIpc) is 2.15. The highest BCUT2D eigenvalue weighted by Crippen LogP contribution is 2.28. The fourth-order valence-electron chi connectivity index (χ4n) is 0.838. The van der Waals surface area contributed by atoms with Crippen molar-refractivity contribution < 1.29 is 18.3 Å². The number of methoxy groups -OCH3 is 1. The first-order valence-corrected chi connectivity index (χ1v) is 4.09. The van der Waals surface area contributed by atoms with Gasteiger partial charge in [0.2, 0.25) is 0 Å². The Morgan fingerprint density at radius 1 is 1.50 bits per heavy atom. The highest BCUT2D eigenvalue weighted by Gasteiger charge is 2.16. The lowest BCUT2D eigenvalue weighted by molar-refractivity contribution is 0.0458. The largest absolute Gasteiger partial charge is 0.465 e. The molecule has 0 fully saturated rings. The normalized spacial score (nSPS) is 10.6. The molecule has 1 heterocycles. The number of hydrogen-bond donors (Lipinski definition) is 0. The molecule has 0 amide bonds. The highest BCUT2D eigenvalue weighted by atomic mass is 35.5. The SMILES string of the molecule is COCOc1ccc(Cl)nc1C(F)F. The number of alkyl halides is 2. The number of rotatable bonds is 4. The molecule has 78 valence electrons. The Hall–Kier alpha value is -0.940. The predicted molar refractivity (Wildman–Crippen MR) is 46.7 cm³/mol. The smallest absolute Gasteiger partial charge is 0.284 e. The van der Waals surface area contributed by atoms with Gasteiger partial charge in [-0.15, -0.1) is 0 Å². The Balaban J connectivity index is 2.90. The van der Waals surface area contributed by atoms with Crippen LogP contribution < -0.4 is 4.74 Å². The summed E-state index contributed by atoms with van der Waals surface area (Å²) in [7, 11) is 1.39. The molecule has 1 rings (SSSR count). The van der Waals surface area contributed by atoms with Crippen LogP contribution >= 0.6 is 11.6 Å². The van der Waals surface area contributed by atoms with Gasteiger partial charge in [0.1, 0.15) is 16.6 Å². The number of nitrogens with zero attached hydrogens (tertiary/aromatic N) is 1. The van der Waals surface area contributed by atoms with E-state index in [0.717, 1.165) is 0 Å². The highest BCUT2D eigenvalue weighted by molar-refractivity contribution is 6.29. The maximum absolute atomic E-state index is 12.4. The molecule has 0 spiro atoms. The van der Waals surface area contributed by atoms with Gasteiger partial charge in [-0.1, -0.05) is 11.6 Å². The summed E-state index contributed by atoms with van der Waals surface area (Å²) in [5, 5.41) is 0.00469. The van der Waals surface area contributed by atoms with E-state index in [1.165, 1.54) is 19.2 Å². The van der Waals surface area contributed by atoms with Crippen LogP contribution in [0.25, 0.3) is 0 Å². The van der Waals surface area contributed by atoms with E-state index in [4.69, 9.17) is 16.3 Å². The monoisotopic (exact) mass is 223 g/mol. The first kappa shape index (κ1) is 11.1. The van der Waals surface area contributed by atoms with Crippen molar-refractivity contribution in [2.75, 3.05) is 13.9 Å². The number of hydrogen-bond acceptors (Lipinski definition) is 3. The van der Waals surface area contributed by atoms with E-state index in [1.54, 1.807) is 0 Å². The molecule has 0 saturated heterocycles. The minimum absolute atomic E-state index is 0.00469. The van der Waals surface area contributed by atoms with Crippen molar-refractivity contribution in [1.29, 1.82) is 0 Å². The van der Waals surface area contributed by atoms with Crippen LogP contribution in [0.1, 0.15) is 12.1 Å². The van der Waals surface area contributed by atoms with Gasteiger partial charge < -0.3 is 9.47 Å². The lowest BCUT2D eigenvalue weighted by Gasteiger charge is -2.08. The van der Waals surface area contributed by atoms with Crippen LogP contribution in [0, 0.1) is 0 Å². The second kappa shape index (κ2) is 5.07. The quantitative estimate of drug-likeness (QED) is 0.581. The molecule has 0 aliphatic rings. The van der Waals surface area contributed by atoms with Gasteiger partial charge in [0.05, 0.1) is 0 Å². The van der Waals surface area contributed by atoms with Gasteiger partial charge in [0, 0.05) is 7.11 Å². The fraction of sp³-hybridized carbons (Fsp3) is 0.375. The van der Waals surface area contributed by atoms with Gasteiger partial charge in [0.15, 0.2) is 6.79 Å². The van der Waals surface area contributed by atoms with Crippen LogP contribution in [-0.2, 0) is 4.74 Å². The molecule has 3 nitrogen and oxygen atoms in total. The Bertz CT molecular complexity index is 309. The molecular weight excluding hydrogens is 216 g/mol. The molecule has 0 N–H and O–H groups in total. The maximum atomic E-state index is 12.4. The molecule has 1 aromatic rings. The van der Waals surface area contributed by atoms with Crippen molar-refractivity contribution in [1.82, 2.24) is 4.98 Å². The summed E-state index contributed by atoms with van der Waals surface area (Å²) >= 11 is 5.46. The minimum atomic E-state index is -2.72. The van der Waals surface area contributed by atoms with E-state index in [2.05, 4.69) is 9.72 Å². The molecule has 0 aliphatic carbocycles. The summed E-state index contributed by atoms with van der Waals surface area (Å²) in [5.74, 6) is -0.0220. The molecule has 0 atom stereocenters. The van der Waals surface area contributed by atoms with E-state index in [0.29, 0.717) is 0 Å². The summed E-state index contributed by atoms with van der Waals surface area (Å²) in [5.41, 5.74) is -0.477. The van der Waals surface area contributed by atoms with Gasteiger partial charge in [-0.05, 0) is 12.1 Å². The van der Waals surface area contributed by atoms with E-state index >= 15 is 0 Å². The average molecular weight is 224 g/mol. The lowest BCUT2D eigenvalue weighted by Crippen LogP contribution is -2.03. The molecule has 0 radical (unpaired) electrons. The first-order chi connectivity index (χ1) is 6.65. The molecule has 0 unspecified atom stereocenters. The van der Waals surface area contributed by atoms with Crippen molar-refractivity contribution in [2.24, 2.45) is 0 Å². The predicted octanol–water partition coefficient (Wildman–Crippen LogP) is 2.66. The third-order valence-electron chi connectivity index (χ3n) is 1.39. The van der Waals surface area contributed by atoms with Crippen LogP contribution in [0.4, 0.5) is 8.78 Å². The van der Waals surface area contributed by atoms with Crippen molar-refractivity contribution in [3.63, 3.8) is 0 Å². The number of ether oxygens (including phenoxy) is 2.